The summed E-state index contributed by atoms with van der Waals surface area (Å²) in [7, 11) is 5.84. The zero-order chi connectivity index (χ0) is 20.6. The maximum absolute atomic E-state index is 13.8. The van der Waals surface area contributed by atoms with Crippen molar-refractivity contribution >= 4 is 17.1 Å². The highest BCUT2D eigenvalue weighted by Gasteiger charge is 2.18. The highest BCUT2D eigenvalue weighted by atomic mass is 19.1. The summed E-state index contributed by atoms with van der Waals surface area (Å²) in [6.45, 7) is 0.0436. The second-order valence-corrected chi connectivity index (χ2v) is 6.47. The zero-order valence-electron chi connectivity index (χ0n) is 16.0. The fourth-order valence-electron chi connectivity index (χ4n) is 2.95. The average molecular weight is 389 g/mol. The van der Waals surface area contributed by atoms with E-state index in [2.05, 4.69) is 4.98 Å². The molecule has 2 heterocycles. The Morgan fingerprint density at radius 1 is 1.25 bits per heavy atom. The van der Waals surface area contributed by atoms with Gasteiger partial charge in [0.15, 0.2) is 22.7 Å². The van der Waals surface area contributed by atoms with Crippen LogP contribution in [-0.2, 0) is 32.0 Å². The predicted molar refractivity (Wildman–Crippen MR) is 99.6 cm³/mol. The van der Waals surface area contributed by atoms with Gasteiger partial charge in [0.25, 0.3) is 5.56 Å². The van der Waals surface area contributed by atoms with E-state index in [1.807, 2.05) is 0 Å². The lowest BCUT2D eigenvalue weighted by Crippen LogP contribution is -2.38. The number of aryl methyl sites for hydroxylation is 1. The number of halogens is 1. The van der Waals surface area contributed by atoms with Crippen LogP contribution in [0.2, 0.25) is 0 Å². The van der Waals surface area contributed by atoms with Gasteiger partial charge in [-0.05, 0) is 17.7 Å². The van der Waals surface area contributed by atoms with Crippen molar-refractivity contribution in [2.45, 2.75) is 13.1 Å². The van der Waals surface area contributed by atoms with Gasteiger partial charge in [-0.1, -0.05) is 6.07 Å². The Balaban J connectivity index is 1.84. The van der Waals surface area contributed by atoms with E-state index in [0.29, 0.717) is 5.56 Å². The Kier molecular flexibility index (Phi) is 5.04. The number of rotatable bonds is 5. The van der Waals surface area contributed by atoms with Gasteiger partial charge >= 0.3 is 5.69 Å². The summed E-state index contributed by atoms with van der Waals surface area (Å²) >= 11 is 0. The maximum atomic E-state index is 13.8. The van der Waals surface area contributed by atoms with Crippen molar-refractivity contribution in [3.63, 3.8) is 0 Å². The maximum Gasteiger partial charge on any atom is 0.332 e. The second-order valence-electron chi connectivity index (χ2n) is 6.47. The Morgan fingerprint density at radius 3 is 2.61 bits per heavy atom. The number of ether oxygens (including phenoxy) is 1. The molecule has 1 aromatic carbocycles. The van der Waals surface area contributed by atoms with E-state index < -0.39 is 17.1 Å². The zero-order valence-corrected chi connectivity index (χ0v) is 16.0. The molecule has 0 unspecified atom stereocenters. The number of carbonyl (C=O) groups is 1. The van der Waals surface area contributed by atoms with Crippen molar-refractivity contribution in [2.75, 3.05) is 14.2 Å². The van der Waals surface area contributed by atoms with Gasteiger partial charge in [0.1, 0.15) is 6.54 Å². The Hall–Kier alpha value is -3.43. The van der Waals surface area contributed by atoms with Crippen LogP contribution in [0.15, 0.2) is 34.1 Å². The molecule has 0 radical (unpaired) electrons. The Morgan fingerprint density at radius 2 is 1.96 bits per heavy atom. The molecule has 9 nitrogen and oxygen atoms in total. The minimum Gasteiger partial charge on any atom is -0.494 e. The van der Waals surface area contributed by atoms with E-state index >= 15 is 0 Å². The van der Waals surface area contributed by atoms with Crippen molar-refractivity contribution in [3.05, 3.63) is 56.7 Å². The molecular weight excluding hydrogens is 369 g/mol. The number of imidazole rings is 1. The average Bonchev–Trinajstić information content (AvgIpc) is 3.08. The normalized spacial score (nSPS) is 11.0. The number of fused-ring (bicyclic) bond motifs is 1. The fourth-order valence-corrected chi connectivity index (χ4v) is 2.95. The van der Waals surface area contributed by atoms with Crippen molar-refractivity contribution in [3.8, 4) is 5.75 Å². The molecule has 3 aromatic rings. The van der Waals surface area contributed by atoms with Gasteiger partial charge in [-0.15, -0.1) is 0 Å². The van der Waals surface area contributed by atoms with E-state index in [4.69, 9.17) is 4.74 Å². The largest absolute Gasteiger partial charge is 0.494 e. The standard InChI is InChI=1S/C18H20FN5O4/c1-21(8-11-5-6-13(28-4)12(19)7-11)14(25)9-24-10-20-16-15(24)17(26)23(3)18(27)22(16)2/h5-7,10H,8-9H2,1-4H3. The number of hydrogen-bond donors (Lipinski definition) is 0. The van der Waals surface area contributed by atoms with Crippen LogP contribution < -0.4 is 16.0 Å². The molecule has 3 rings (SSSR count). The molecule has 0 fully saturated rings. The molecule has 0 atom stereocenters. The molecule has 1 amide bonds. The van der Waals surface area contributed by atoms with Crippen LogP contribution in [-0.4, -0.2) is 43.6 Å². The van der Waals surface area contributed by atoms with E-state index in [9.17, 15) is 18.8 Å². The number of methoxy groups -OCH3 is 1. The topological polar surface area (TPSA) is 91.4 Å². The lowest BCUT2D eigenvalue weighted by Gasteiger charge is -2.18. The van der Waals surface area contributed by atoms with E-state index in [1.54, 1.807) is 13.1 Å². The van der Waals surface area contributed by atoms with Crippen LogP contribution in [0.3, 0.4) is 0 Å². The smallest absolute Gasteiger partial charge is 0.332 e. The lowest BCUT2D eigenvalue weighted by molar-refractivity contribution is -0.131. The molecule has 0 N–H and O–H groups in total. The third-order valence-corrected chi connectivity index (χ3v) is 4.58. The highest BCUT2D eigenvalue weighted by Crippen LogP contribution is 2.18. The first-order chi connectivity index (χ1) is 13.2. The molecule has 28 heavy (non-hydrogen) atoms. The van der Waals surface area contributed by atoms with E-state index in [-0.39, 0.29) is 35.9 Å². The minimum atomic E-state index is -0.525. The van der Waals surface area contributed by atoms with Crippen LogP contribution >= 0.6 is 0 Å². The summed E-state index contributed by atoms with van der Waals surface area (Å²) in [6.07, 6.45) is 1.35. The first kappa shape index (κ1) is 19.3. The van der Waals surface area contributed by atoms with Crippen molar-refractivity contribution in [2.24, 2.45) is 14.1 Å². The molecule has 0 aliphatic rings. The molecule has 0 saturated carbocycles. The Bertz CT molecular complexity index is 1180. The first-order valence-electron chi connectivity index (χ1n) is 8.41. The van der Waals surface area contributed by atoms with Crippen molar-refractivity contribution in [1.82, 2.24) is 23.6 Å². The SMILES string of the molecule is COc1ccc(CN(C)C(=O)Cn2cnc3c2c(=O)n(C)c(=O)n3C)cc1F. The predicted octanol–water partition coefficient (Wildman–Crippen LogP) is 0.240. The molecule has 0 spiro atoms. The lowest BCUT2D eigenvalue weighted by atomic mass is 10.2. The van der Waals surface area contributed by atoms with Crippen LogP contribution in [0.25, 0.3) is 11.2 Å². The third kappa shape index (κ3) is 3.28. The number of amides is 1. The molecule has 2 aromatic heterocycles. The van der Waals surface area contributed by atoms with E-state index in [1.165, 1.54) is 53.7 Å². The number of carbonyl (C=O) groups excluding carboxylic acids is 1. The van der Waals surface area contributed by atoms with Gasteiger partial charge in [0.2, 0.25) is 5.91 Å². The third-order valence-electron chi connectivity index (χ3n) is 4.58. The monoisotopic (exact) mass is 389 g/mol. The van der Waals surface area contributed by atoms with E-state index in [0.717, 1.165) is 4.57 Å². The molecule has 0 aliphatic carbocycles. The van der Waals surface area contributed by atoms with Crippen molar-refractivity contribution in [1.29, 1.82) is 0 Å². The number of hydrogen-bond acceptors (Lipinski definition) is 5. The minimum absolute atomic E-state index is 0.129. The van der Waals surface area contributed by atoms with Gasteiger partial charge < -0.3 is 14.2 Å². The van der Waals surface area contributed by atoms with Gasteiger partial charge in [-0.3, -0.25) is 18.7 Å². The summed E-state index contributed by atoms with van der Waals surface area (Å²) in [5, 5.41) is 0. The number of nitrogens with zero attached hydrogens (tertiary/aromatic N) is 5. The molecule has 0 saturated heterocycles. The van der Waals surface area contributed by atoms with Crippen molar-refractivity contribution < 1.29 is 13.9 Å². The first-order valence-corrected chi connectivity index (χ1v) is 8.41. The summed E-state index contributed by atoms with van der Waals surface area (Å²) < 4.78 is 22.3. The molecule has 148 valence electrons. The molecular formula is C18H20FN5O4. The second kappa shape index (κ2) is 7.29. The quantitative estimate of drug-likeness (QED) is 0.624. The van der Waals surface area contributed by atoms with Gasteiger partial charge in [-0.2, -0.15) is 0 Å². The van der Waals surface area contributed by atoms with Crippen LogP contribution in [0, 0.1) is 5.82 Å². The number of benzene rings is 1. The Labute approximate surface area is 159 Å². The summed E-state index contributed by atoms with van der Waals surface area (Å²) in [6, 6.07) is 4.47. The fraction of sp³-hybridized carbons (Fsp3) is 0.333. The van der Waals surface area contributed by atoms with Crippen LogP contribution in [0.5, 0.6) is 5.75 Å². The molecule has 0 bridgehead atoms. The van der Waals surface area contributed by atoms with Crippen LogP contribution in [0.4, 0.5) is 4.39 Å². The number of aromatic nitrogens is 4. The summed E-state index contributed by atoms with van der Waals surface area (Å²) in [5.74, 6) is -0.679. The molecule has 10 heteroatoms. The van der Waals surface area contributed by atoms with Gasteiger partial charge in [0.05, 0.1) is 13.4 Å². The number of likely N-dealkylation sites (N-methyl/N-ethyl adjacent to an activating group) is 1. The molecule has 0 aliphatic heterocycles. The summed E-state index contributed by atoms with van der Waals surface area (Å²) in [4.78, 5) is 42.5. The highest BCUT2D eigenvalue weighted by molar-refractivity contribution is 5.78. The summed E-state index contributed by atoms with van der Waals surface area (Å²) in [5.41, 5.74) is -0.0402. The van der Waals surface area contributed by atoms with Crippen LogP contribution in [0.1, 0.15) is 5.56 Å². The van der Waals surface area contributed by atoms with Gasteiger partial charge in [0, 0.05) is 27.7 Å². The van der Waals surface area contributed by atoms with Gasteiger partial charge in [-0.25, -0.2) is 14.2 Å².